The van der Waals surface area contributed by atoms with Gasteiger partial charge in [-0.15, -0.1) is 11.3 Å². The molecule has 0 bridgehead atoms. The molecule has 0 unspecified atom stereocenters. The van der Waals surface area contributed by atoms with Gasteiger partial charge < -0.3 is 4.90 Å². The van der Waals surface area contributed by atoms with E-state index in [0.717, 1.165) is 52.5 Å². The Morgan fingerprint density at radius 2 is 2.04 bits per heavy atom. The van der Waals surface area contributed by atoms with Crippen molar-refractivity contribution in [1.82, 2.24) is 19.9 Å². The van der Waals surface area contributed by atoms with Gasteiger partial charge in [-0.25, -0.2) is 15.0 Å². The molecule has 0 radical (unpaired) electrons. The van der Waals surface area contributed by atoms with Gasteiger partial charge in [-0.2, -0.15) is 0 Å². The molecule has 0 aromatic carbocycles. The minimum absolute atomic E-state index is 0.113. The summed E-state index contributed by atoms with van der Waals surface area (Å²) in [5.74, 6) is 1.37. The normalized spacial score (nSPS) is 15.8. The van der Waals surface area contributed by atoms with Gasteiger partial charge in [-0.05, 0) is 38.0 Å². The van der Waals surface area contributed by atoms with Gasteiger partial charge in [0.2, 0.25) is 0 Å². The fraction of sp³-hybridized carbons (Fsp3) is 0.333. The van der Waals surface area contributed by atoms with Gasteiger partial charge in [-0.3, -0.25) is 4.79 Å². The number of pyridine rings is 1. The molecule has 1 aliphatic rings. The van der Waals surface area contributed by atoms with Crippen molar-refractivity contribution in [3.05, 3.63) is 53.1 Å². The number of carbonyl (C=O) groups excluding carboxylic acids is 1. The summed E-state index contributed by atoms with van der Waals surface area (Å²) in [5, 5.41) is 1.04. The number of aromatic nitrogens is 3. The van der Waals surface area contributed by atoms with E-state index in [-0.39, 0.29) is 5.91 Å². The summed E-state index contributed by atoms with van der Waals surface area (Å²) in [6, 6.07) is 7.76. The Labute approximate surface area is 144 Å². The zero-order valence-electron chi connectivity index (χ0n) is 13.5. The van der Waals surface area contributed by atoms with Gasteiger partial charge in [0.15, 0.2) is 0 Å². The van der Waals surface area contributed by atoms with Crippen LogP contribution in [-0.2, 0) is 0 Å². The molecule has 1 aliphatic heterocycles. The molecule has 3 aromatic rings. The molecule has 5 nitrogen and oxygen atoms in total. The van der Waals surface area contributed by atoms with Crippen molar-refractivity contribution in [2.24, 2.45) is 0 Å². The van der Waals surface area contributed by atoms with Crippen LogP contribution in [-0.4, -0.2) is 38.8 Å². The van der Waals surface area contributed by atoms with Crippen LogP contribution in [0.3, 0.4) is 0 Å². The predicted molar refractivity (Wildman–Crippen MR) is 94.3 cm³/mol. The molecule has 6 heteroatoms. The fourth-order valence-electron chi connectivity index (χ4n) is 3.14. The standard InChI is InChI=1S/C18H18N4OS/c1-12-4-8-19-16(21-12)13-5-9-22(10-6-13)18(23)15-11-14-3-2-7-20-17(14)24-15/h2-4,7-8,11,13H,5-6,9-10H2,1H3. The zero-order valence-corrected chi connectivity index (χ0v) is 14.3. The van der Waals surface area contributed by atoms with E-state index in [2.05, 4.69) is 15.0 Å². The summed E-state index contributed by atoms with van der Waals surface area (Å²) in [5.41, 5.74) is 0.997. The first-order valence-corrected chi connectivity index (χ1v) is 8.96. The molecule has 0 saturated carbocycles. The molecule has 4 rings (SSSR count). The van der Waals surface area contributed by atoms with Crippen molar-refractivity contribution in [1.29, 1.82) is 0 Å². The maximum atomic E-state index is 12.7. The Bertz CT molecular complexity index is 850. The molecule has 122 valence electrons. The van der Waals surface area contributed by atoms with Crippen LogP contribution >= 0.6 is 11.3 Å². The maximum Gasteiger partial charge on any atom is 0.264 e. The van der Waals surface area contributed by atoms with E-state index in [9.17, 15) is 4.79 Å². The summed E-state index contributed by atoms with van der Waals surface area (Å²) in [4.78, 5) is 29.6. The summed E-state index contributed by atoms with van der Waals surface area (Å²) in [7, 11) is 0. The van der Waals surface area contributed by atoms with Crippen LogP contribution in [0.15, 0.2) is 36.7 Å². The van der Waals surface area contributed by atoms with E-state index in [1.165, 1.54) is 11.3 Å². The van der Waals surface area contributed by atoms with Crippen LogP contribution in [0.25, 0.3) is 10.2 Å². The molecule has 1 saturated heterocycles. The van der Waals surface area contributed by atoms with Crippen LogP contribution in [0.5, 0.6) is 0 Å². The first kappa shape index (κ1) is 15.2. The Balaban J connectivity index is 1.46. The van der Waals surface area contributed by atoms with E-state index in [1.807, 2.05) is 42.3 Å². The molecule has 0 atom stereocenters. The average molecular weight is 338 g/mol. The second-order valence-corrected chi connectivity index (χ2v) is 7.16. The number of likely N-dealkylation sites (tertiary alicyclic amines) is 1. The average Bonchev–Trinajstić information content (AvgIpc) is 3.05. The number of hydrogen-bond acceptors (Lipinski definition) is 5. The molecule has 0 spiro atoms. The Hall–Kier alpha value is -2.34. The number of rotatable bonds is 2. The minimum Gasteiger partial charge on any atom is -0.338 e. The molecular formula is C18H18N4OS. The first-order chi connectivity index (χ1) is 11.7. The highest BCUT2D eigenvalue weighted by atomic mass is 32.1. The number of hydrogen-bond donors (Lipinski definition) is 0. The minimum atomic E-state index is 0.113. The lowest BCUT2D eigenvalue weighted by Gasteiger charge is -2.31. The number of carbonyl (C=O) groups is 1. The molecular weight excluding hydrogens is 320 g/mol. The second-order valence-electron chi connectivity index (χ2n) is 6.13. The molecule has 0 aliphatic carbocycles. The number of thiophene rings is 1. The summed E-state index contributed by atoms with van der Waals surface area (Å²) < 4.78 is 0. The molecule has 4 heterocycles. The fourth-order valence-corrected chi connectivity index (χ4v) is 4.11. The van der Waals surface area contributed by atoms with Crippen LogP contribution in [0.4, 0.5) is 0 Å². The predicted octanol–water partition coefficient (Wildman–Crippen LogP) is 3.41. The lowest BCUT2D eigenvalue weighted by Crippen LogP contribution is -2.37. The number of amides is 1. The van der Waals surface area contributed by atoms with Crippen molar-refractivity contribution in [2.45, 2.75) is 25.7 Å². The molecule has 3 aromatic heterocycles. The zero-order chi connectivity index (χ0) is 16.5. The lowest BCUT2D eigenvalue weighted by molar-refractivity contribution is 0.0716. The van der Waals surface area contributed by atoms with Gasteiger partial charge >= 0.3 is 0 Å². The SMILES string of the molecule is Cc1ccnc(C2CCN(C(=O)c3cc4cccnc4s3)CC2)n1. The van der Waals surface area contributed by atoms with Gasteiger partial charge in [-0.1, -0.05) is 6.07 Å². The van der Waals surface area contributed by atoms with Crippen molar-refractivity contribution in [3.63, 3.8) is 0 Å². The number of aryl methyl sites for hydroxylation is 1. The molecule has 1 fully saturated rings. The highest BCUT2D eigenvalue weighted by Crippen LogP contribution is 2.29. The van der Waals surface area contributed by atoms with E-state index in [4.69, 9.17) is 0 Å². The summed E-state index contributed by atoms with van der Waals surface area (Å²) >= 11 is 1.47. The van der Waals surface area contributed by atoms with Gasteiger partial charge in [0.25, 0.3) is 5.91 Å². The maximum absolute atomic E-state index is 12.7. The number of fused-ring (bicyclic) bond motifs is 1. The molecule has 1 amide bonds. The molecule has 0 N–H and O–H groups in total. The van der Waals surface area contributed by atoms with Gasteiger partial charge in [0, 0.05) is 42.5 Å². The highest BCUT2D eigenvalue weighted by molar-refractivity contribution is 7.20. The summed E-state index contributed by atoms with van der Waals surface area (Å²) in [6.07, 6.45) is 5.41. The van der Waals surface area contributed by atoms with Crippen LogP contribution in [0, 0.1) is 6.92 Å². The Kier molecular flexibility index (Phi) is 3.98. The van der Waals surface area contributed by atoms with Crippen molar-refractivity contribution in [3.8, 4) is 0 Å². The summed E-state index contributed by atoms with van der Waals surface area (Å²) in [6.45, 7) is 3.49. The quantitative estimate of drug-likeness (QED) is 0.718. The highest BCUT2D eigenvalue weighted by Gasteiger charge is 2.27. The molecule has 24 heavy (non-hydrogen) atoms. The first-order valence-electron chi connectivity index (χ1n) is 8.14. The van der Waals surface area contributed by atoms with Crippen LogP contribution < -0.4 is 0 Å². The Morgan fingerprint density at radius 3 is 2.79 bits per heavy atom. The largest absolute Gasteiger partial charge is 0.338 e. The van der Waals surface area contributed by atoms with E-state index in [1.54, 1.807) is 6.20 Å². The van der Waals surface area contributed by atoms with E-state index < -0.39 is 0 Å². The van der Waals surface area contributed by atoms with Crippen molar-refractivity contribution in [2.75, 3.05) is 13.1 Å². The number of piperidine rings is 1. The van der Waals surface area contributed by atoms with Gasteiger partial charge in [0.05, 0.1) is 4.88 Å². The topological polar surface area (TPSA) is 59.0 Å². The van der Waals surface area contributed by atoms with Crippen molar-refractivity contribution < 1.29 is 4.79 Å². The van der Waals surface area contributed by atoms with Crippen LogP contribution in [0.2, 0.25) is 0 Å². The third kappa shape index (κ3) is 2.89. The number of nitrogens with zero attached hydrogens (tertiary/aromatic N) is 4. The lowest BCUT2D eigenvalue weighted by atomic mass is 9.95. The third-order valence-electron chi connectivity index (χ3n) is 4.47. The monoisotopic (exact) mass is 338 g/mol. The van der Waals surface area contributed by atoms with Crippen molar-refractivity contribution >= 4 is 27.5 Å². The van der Waals surface area contributed by atoms with Gasteiger partial charge in [0.1, 0.15) is 10.7 Å². The van der Waals surface area contributed by atoms with Crippen LogP contribution in [0.1, 0.15) is 39.9 Å². The second kappa shape index (κ2) is 6.28. The van der Waals surface area contributed by atoms with E-state index >= 15 is 0 Å². The third-order valence-corrected chi connectivity index (χ3v) is 5.51. The Morgan fingerprint density at radius 1 is 1.21 bits per heavy atom. The smallest absolute Gasteiger partial charge is 0.264 e. The van der Waals surface area contributed by atoms with E-state index in [0.29, 0.717) is 5.92 Å².